The van der Waals surface area contributed by atoms with Crippen LogP contribution in [0, 0.1) is 0 Å². The molecule has 0 radical (unpaired) electrons. The summed E-state index contributed by atoms with van der Waals surface area (Å²) in [5, 5.41) is 0. The Hall–Kier alpha value is 2.27. The Labute approximate surface area is 125 Å². The van der Waals surface area contributed by atoms with Gasteiger partial charge in [0.1, 0.15) is 0 Å². The molecule has 14 heavy (non-hydrogen) atoms. The van der Waals surface area contributed by atoms with E-state index in [0.717, 1.165) is 0 Å². The normalized spacial score (nSPS) is 8.57. The summed E-state index contributed by atoms with van der Waals surface area (Å²) >= 11 is 0. The van der Waals surface area contributed by atoms with Gasteiger partial charge in [0.15, 0.2) is 0 Å². The number of halogens is 1. The van der Waals surface area contributed by atoms with Crippen LogP contribution in [0.2, 0.25) is 0 Å². The van der Waals surface area contributed by atoms with E-state index in [4.69, 9.17) is 38.4 Å². The molecule has 0 aliphatic heterocycles. The van der Waals surface area contributed by atoms with E-state index in [2.05, 4.69) is 0 Å². The van der Waals surface area contributed by atoms with Crippen molar-refractivity contribution in [2.75, 3.05) is 0 Å². The molecular formula is H7AlCaFO8PSi2. The van der Waals surface area contributed by atoms with Crippen molar-refractivity contribution in [3.05, 3.63) is 0 Å². The summed E-state index contributed by atoms with van der Waals surface area (Å²) < 4.78 is 0. The van der Waals surface area contributed by atoms with Gasteiger partial charge in [-0.15, -0.1) is 0 Å². The molecule has 0 spiro atoms. The van der Waals surface area contributed by atoms with Crippen LogP contribution in [0.3, 0.4) is 0 Å². The fraction of sp³-hybridized carbons (Fsp3) is 0. The predicted molar refractivity (Wildman–Crippen MR) is 43.3 cm³/mol. The van der Waals surface area contributed by atoms with Crippen LogP contribution < -0.4 is 24.0 Å². The maximum Gasteiger partial charge on any atom is 3.00 e. The van der Waals surface area contributed by atoms with Crippen LogP contribution in [0.4, 0.5) is 4.70 Å². The predicted octanol–water partition coefficient (Wildman–Crippen LogP) is -8.93. The molecule has 3 N–H and O–H groups in total. The minimum Gasteiger partial charge on any atom is -0.894 e. The molecule has 0 amide bonds. The standard InChI is InChI=1S/Al.Ca.FH.H3O4Si.O4Si.H3P/c;;;2*1-5(2,3)4;/h;;1H;1-3H;;1H3/q+3;+2;;-1;-4;. The van der Waals surface area contributed by atoms with Crippen molar-refractivity contribution >= 4 is 83.1 Å². The van der Waals surface area contributed by atoms with Crippen LogP contribution in [0.5, 0.6) is 0 Å². The molecule has 0 bridgehead atoms. The van der Waals surface area contributed by atoms with Crippen LogP contribution in [-0.4, -0.2) is 87.6 Å². The molecule has 0 fully saturated rings. The monoisotopic (exact) mass is 308 g/mol. The third-order valence-corrected chi connectivity index (χ3v) is 0. The quantitative estimate of drug-likeness (QED) is 0.292. The van der Waals surface area contributed by atoms with Crippen molar-refractivity contribution in [1.29, 1.82) is 0 Å². The second-order valence-electron chi connectivity index (χ2n) is 1.07. The summed E-state index contributed by atoms with van der Waals surface area (Å²) in [5.41, 5.74) is 0. The van der Waals surface area contributed by atoms with Gasteiger partial charge in [-0.05, 0) is 0 Å². The van der Waals surface area contributed by atoms with E-state index in [1.165, 1.54) is 0 Å². The first-order chi connectivity index (χ1) is 4.00. The summed E-state index contributed by atoms with van der Waals surface area (Å²) in [7, 11) is -10.5. The van der Waals surface area contributed by atoms with Gasteiger partial charge in [0.05, 0.1) is 0 Å². The Morgan fingerprint density at radius 2 is 0.786 bits per heavy atom. The third kappa shape index (κ3) is 489. The Morgan fingerprint density at radius 3 is 0.786 bits per heavy atom. The molecule has 0 aliphatic rings. The number of hydrogen-bond acceptors (Lipinski definition) is 8. The van der Waals surface area contributed by atoms with Crippen LogP contribution in [0.1, 0.15) is 0 Å². The summed E-state index contributed by atoms with van der Waals surface area (Å²) in [6, 6.07) is 0. The van der Waals surface area contributed by atoms with Crippen molar-refractivity contribution < 1.29 is 43.1 Å². The Bertz CT molecular complexity index is 70.3. The molecule has 0 rings (SSSR count). The van der Waals surface area contributed by atoms with Gasteiger partial charge < -0.3 is 47.4 Å². The smallest absolute Gasteiger partial charge is 0.894 e. The Kier molecular flexibility index (Phi) is 39.2. The molecule has 1 unspecified atom stereocenters. The number of rotatable bonds is 0. The summed E-state index contributed by atoms with van der Waals surface area (Å²) in [4.78, 5) is 64.9. The average Bonchev–Trinajstić information content (AvgIpc) is 1.12. The van der Waals surface area contributed by atoms with E-state index in [1.54, 1.807) is 0 Å². The van der Waals surface area contributed by atoms with Crippen molar-refractivity contribution in [3.8, 4) is 0 Å². The van der Waals surface area contributed by atoms with E-state index < -0.39 is 18.1 Å². The van der Waals surface area contributed by atoms with Gasteiger partial charge in [-0.1, -0.05) is 0 Å². The largest absolute Gasteiger partial charge is 3.00 e. The van der Waals surface area contributed by atoms with E-state index >= 15 is 0 Å². The molecule has 0 heterocycles. The fourth-order valence-electron chi connectivity index (χ4n) is 0. The van der Waals surface area contributed by atoms with E-state index in [-0.39, 0.29) is 69.7 Å². The second kappa shape index (κ2) is 15.3. The second-order valence-corrected chi connectivity index (χ2v) is 3.22. The molecular weight excluding hydrogens is 301 g/mol. The molecule has 0 aromatic heterocycles. The zero-order valence-electron chi connectivity index (χ0n) is 6.78. The first kappa shape index (κ1) is 36.0. The Balaban J connectivity index is -0.0000000178. The molecule has 0 aliphatic carbocycles. The minimum absolute atomic E-state index is 0. The van der Waals surface area contributed by atoms with Gasteiger partial charge in [-0.3, -0.25) is 4.70 Å². The topological polar surface area (TPSA) is 176 Å². The third-order valence-electron chi connectivity index (χ3n) is 0. The summed E-state index contributed by atoms with van der Waals surface area (Å²) in [6.45, 7) is 0. The van der Waals surface area contributed by atoms with Crippen molar-refractivity contribution in [3.63, 3.8) is 0 Å². The van der Waals surface area contributed by atoms with Gasteiger partial charge in [0.2, 0.25) is 0 Å². The molecule has 8 nitrogen and oxygen atoms in total. The van der Waals surface area contributed by atoms with Crippen LogP contribution >= 0.6 is 9.90 Å². The molecule has 0 saturated heterocycles. The molecule has 14 heteroatoms. The fourth-order valence-corrected chi connectivity index (χ4v) is 0. The average molecular weight is 308 g/mol. The molecule has 0 aromatic carbocycles. The zero-order chi connectivity index (χ0) is 9.00. The van der Waals surface area contributed by atoms with Crippen molar-refractivity contribution in [1.82, 2.24) is 0 Å². The van der Waals surface area contributed by atoms with Gasteiger partial charge >= 0.3 is 64.1 Å². The van der Waals surface area contributed by atoms with Gasteiger partial charge in [0, 0.05) is 0 Å². The van der Waals surface area contributed by atoms with E-state index in [0.29, 0.717) is 0 Å². The maximum atomic E-state index is 8.91. The number of hydrogen-bond donors (Lipinski definition) is 3. The molecule has 0 saturated carbocycles. The van der Waals surface area contributed by atoms with Crippen LogP contribution in [0.25, 0.3) is 0 Å². The van der Waals surface area contributed by atoms with E-state index in [1.807, 2.05) is 0 Å². The molecule has 1 atom stereocenters. The minimum atomic E-state index is -5.61. The molecule has 80 valence electrons. The summed E-state index contributed by atoms with van der Waals surface area (Å²) in [5.74, 6) is 0. The molecule has 0 aromatic rings. The zero-order valence-corrected chi connectivity index (χ0v) is 13.6. The first-order valence-electron chi connectivity index (χ1n) is 1.69. The SMILES string of the molecule is F.P.[Al+3].[Ca+2].[O-][Si](O)(O)O.[O-][Si]([O-])([O-])[O-]. The van der Waals surface area contributed by atoms with Crippen molar-refractivity contribution in [2.45, 2.75) is 0 Å². The van der Waals surface area contributed by atoms with Gasteiger partial charge in [-0.2, -0.15) is 9.90 Å². The van der Waals surface area contributed by atoms with Crippen LogP contribution in [-0.2, 0) is 0 Å². The Morgan fingerprint density at radius 1 is 0.786 bits per heavy atom. The van der Waals surface area contributed by atoms with Gasteiger partial charge in [0.25, 0.3) is 0 Å². The first-order valence-corrected chi connectivity index (χ1v) is 5.07. The summed E-state index contributed by atoms with van der Waals surface area (Å²) in [6.07, 6.45) is 0. The van der Waals surface area contributed by atoms with Crippen LogP contribution in [0.15, 0.2) is 0 Å². The maximum absolute atomic E-state index is 8.91. The van der Waals surface area contributed by atoms with Gasteiger partial charge in [-0.25, -0.2) is 0 Å². The van der Waals surface area contributed by atoms with E-state index in [9.17, 15) is 0 Å². The van der Waals surface area contributed by atoms with Crippen molar-refractivity contribution in [2.24, 2.45) is 0 Å².